The van der Waals surface area contributed by atoms with Crippen LogP contribution in [0.15, 0.2) is 42.5 Å². The minimum atomic E-state index is -0.318. The Morgan fingerprint density at radius 2 is 1.52 bits per heavy atom. The third kappa shape index (κ3) is 4.97. The molecule has 1 saturated heterocycles. The van der Waals surface area contributed by atoms with Gasteiger partial charge in [0, 0.05) is 48.5 Å². The van der Waals surface area contributed by atoms with Gasteiger partial charge in [-0.05, 0) is 70.0 Å². The largest absolute Gasteiger partial charge is 0.368 e. The fraction of sp³-hybridized carbons (Fsp3) is 0.417. The quantitative estimate of drug-likeness (QED) is 0.863. The number of carbonyl (C=O) groups excluding carboxylic acids is 2. The average molecular weight is 394 g/mol. The van der Waals surface area contributed by atoms with Crippen molar-refractivity contribution in [1.29, 1.82) is 0 Å². The molecular formula is C24H31N3O2. The normalized spacial score (nSPS) is 14.7. The first-order valence-corrected chi connectivity index (χ1v) is 10.2. The number of nitrogens with one attached hydrogen (secondary N) is 1. The second-order valence-electron chi connectivity index (χ2n) is 8.78. The minimum Gasteiger partial charge on any atom is -0.368 e. The smallest absolute Gasteiger partial charge is 0.253 e. The van der Waals surface area contributed by atoms with Crippen molar-refractivity contribution >= 4 is 17.5 Å². The molecule has 154 valence electrons. The molecule has 0 aliphatic carbocycles. The molecular weight excluding hydrogens is 362 g/mol. The maximum Gasteiger partial charge on any atom is 0.253 e. The zero-order chi connectivity index (χ0) is 21.2. The molecule has 1 aliphatic heterocycles. The van der Waals surface area contributed by atoms with E-state index < -0.39 is 0 Å². The van der Waals surface area contributed by atoms with Crippen LogP contribution in [0.2, 0.25) is 0 Å². The molecule has 0 aromatic heterocycles. The highest BCUT2D eigenvalue weighted by molar-refractivity contribution is 6.00. The van der Waals surface area contributed by atoms with Gasteiger partial charge in [0.1, 0.15) is 0 Å². The predicted octanol–water partition coefficient (Wildman–Crippen LogP) is 3.79. The van der Waals surface area contributed by atoms with Crippen LogP contribution in [-0.2, 0) is 0 Å². The van der Waals surface area contributed by atoms with Gasteiger partial charge in [-0.2, -0.15) is 0 Å². The lowest BCUT2D eigenvalue weighted by molar-refractivity contribution is 0.0746. The summed E-state index contributed by atoms with van der Waals surface area (Å²) in [7, 11) is 0. The summed E-state index contributed by atoms with van der Waals surface area (Å²) in [4.78, 5) is 29.7. The van der Waals surface area contributed by atoms with Gasteiger partial charge in [0.2, 0.25) is 0 Å². The highest BCUT2D eigenvalue weighted by atomic mass is 16.2. The molecule has 0 bridgehead atoms. The Hall–Kier alpha value is -2.82. The van der Waals surface area contributed by atoms with Gasteiger partial charge < -0.3 is 15.1 Å². The van der Waals surface area contributed by atoms with Crippen LogP contribution in [0.5, 0.6) is 0 Å². The second-order valence-corrected chi connectivity index (χ2v) is 8.78. The van der Waals surface area contributed by atoms with Crippen LogP contribution in [0.1, 0.15) is 52.6 Å². The third-order valence-corrected chi connectivity index (χ3v) is 5.34. The molecule has 1 heterocycles. The molecule has 2 aromatic rings. The Labute approximate surface area is 173 Å². The van der Waals surface area contributed by atoms with E-state index in [0.29, 0.717) is 24.2 Å². The molecule has 0 unspecified atom stereocenters. The Morgan fingerprint density at radius 1 is 0.897 bits per heavy atom. The van der Waals surface area contributed by atoms with Crippen LogP contribution < -0.4 is 10.2 Å². The number of hydrogen-bond donors (Lipinski definition) is 1. The van der Waals surface area contributed by atoms with E-state index in [-0.39, 0.29) is 17.4 Å². The van der Waals surface area contributed by atoms with Crippen molar-refractivity contribution in [3.8, 4) is 0 Å². The van der Waals surface area contributed by atoms with Crippen molar-refractivity contribution in [2.75, 3.05) is 31.1 Å². The molecule has 0 radical (unpaired) electrons. The lowest BCUT2D eigenvalue weighted by atomic mass is 10.1. The van der Waals surface area contributed by atoms with Crippen molar-refractivity contribution < 1.29 is 9.59 Å². The molecule has 2 amide bonds. The number of aryl methyl sites for hydroxylation is 1. The molecule has 29 heavy (non-hydrogen) atoms. The van der Waals surface area contributed by atoms with Gasteiger partial charge in [0.25, 0.3) is 11.8 Å². The van der Waals surface area contributed by atoms with Gasteiger partial charge in [-0.3, -0.25) is 9.59 Å². The lowest BCUT2D eigenvalue weighted by Gasteiger charge is -2.37. The maximum absolute atomic E-state index is 13.0. The van der Waals surface area contributed by atoms with Crippen molar-refractivity contribution in [2.45, 2.75) is 40.2 Å². The van der Waals surface area contributed by atoms with Gasteiger partial charge in [-0.1, -0.05) is 18.2 Å². The Kier molecular flexibility index (Phi) is 5.96. The van der Waals surface area contributed by atoms with E-state index in [4.69, 9.17) is 0 Å². The fourth-order valence-electron chi connectivity index (χ4n) is 3.62. The molecule has 1 aliphatic rings. The van der Waals surface area contributed by atoms with E-state index in [1.165, 1.54) is 16.8 Å². The van der Waals surface area contributed by atoms with Gasteiger partial charge in [0.05, 0.1) is 0 Å². The summed E-state index contributed by atoms with van der Waals surface area (Å²) in [6.07, 6.45) is 0. The molecule has 1 N–H and O–H groups in total. The summed E-state index contributed by atoms with van der Waals surface area (Å²) in [5.74, 6) is -0.178. The van der Waals surface area contributed by atoms with E-state index in [1.807, 2.05) is 25.7 Å². The highest BCUT2D eigenvalue weighted by Gasteiger charge is 2.24. The average Bonchev–Trinajstić information content (AvgIpc) is 2.68. The van der Waals surface area contributed by atoms with Crippen LogP contribution in [0.3, 0.4) is 0 Å². The number of anilines is 1. The summed E-state index contributed by atoms with van der Waals surface area (Å²) in [6, 6.07) is 13.4. The SMILES string of the molecule is Cc1cccc(N2CCN(C(=O)c3cccc(C(=O)NC(C)(C)C)c3)CC2)c1C. The number of benzene rings is 2. The van der Waals surface area contributed by atoms with Crippen LogP contribution in [0, 0.1) is 13.8 Å². The van der Waals surface area contributed by atoms with E-state index in [1.54, 1.807) is 24.3 Å². The second kappa shape index (κ2) is 8.27. The number of rotatable bonds is 3. The number of amides is 2. The van der Waals surface area contributed by atoms with Crippen LogP contribution >= 0.6 is 0 Å². The predicted molar refractivity (Wildman–Crippen MR) is 118 cm³/mol. The monoisotopic (exact) mass is 393 g/mol. The van der Waals surface area contributed by atoms with E-state index in [0.717, 1.165) is 13.1 Å². The molecule has 1 fully saturated rings. The van der Waals surface area contributed by atoms with Crippen molar-refractivity contribution in [3.63, 3.8) is 0 Å². The summed E-state index contributed by atoms with van der Waals surface area (Å²) in [6.45, 7) is 13.0. The zero-order valence-corrected chi connectivity index (χ0v) is 18.1. The number of nitrogens with zero attached hydrogens (tertiary/aromatic N) is 2. The van der Waals surface area contributed by atoms with Crippen LogP contribution in [0.25, 0.3) is 0 Å². The molecule has 3 rings (SSSR count). The molecule has 5 heteroatoms. The van der Waals surface area contributed by atoms with Crippen LogP contribution in [-0.4, -0.2) is 48.4 Å². The third-order valence-electron chi connectivity index (χ3n) is 5.34. The van der Waals surface area contributed by atoms with Crippen molar-refractivity contribution in [1.82, 2.24) is 10.2 Å². The van der Waals surface area contributed by atoms with Gasteiger partial charge in [-0.15, -0.1) is 0 Å². The Balaban J connectivity index is 1.67. The summed E-state index contributed by atoms with van der Waals surface area (Å²) in [5.41, 5.74) is 4.59. The number of hydrogen-bond acceptors (Lipinski definition) is 3. The van der Waals surface area contributed by atoms with Gasteiger partial charge >= 0.3 is 0 Å². The topological polar surface area (TPSA) is 52.7 Å². The molecule has 0 atom stereocenters. The number of piperazine rings is 1. The molecule has 0 spiro atoms. The zero-order valence-electron chi connectivity index (χ0n) is 18.1. The van der Waals surface area contributed by atoms with Crippen molar-refractivity contribution in [2.24, 2.45) is 0 Å². The summed E-state index contributed by atoms with van der Waals surface area (Å²) >= 11 is 0. The lowest BCUT2D eigenvalue weighted by Crippen LogP contribution is -2.49. The maximum atomic E-state index is 13.0. The van der Waals surface area contributed by atoms with Gasteiger partial charge in [-0.25, -0.2) is 0 Å². The first kappa shape index (κ1) is 20.9. The van der Waals surface area contributed by atoms with E-state index >= 15 is 0 Å². The van der Waals surface area contributed by atoms with Gasteiger partial charge in [0.15, 0.2) is 0 Å². The van der Waals surface area contributed by atoms with E-state index in [9.17, 15) is 9.59 Å². The highest BCUT2D eigenvalue weighted by Crippen LogP contribution is 2.24. The first-order valence-electron chi connectivity index (χ1n) is 10.2. The Morgan fingerprint density at radius 3 is 2.17 bits per heavy atom. The molecule has 5 nitrogen and oxygen atoms in total. The Bertz CT molecular complexity index is 907. The van der Waals surface area contributed by atoms with Crippen LogP contribution in [0.4, 0.5) is 5.69 Å². The van der Waals surface area contributed by atoms with Crippen molar-refractivity contribution in [3.05, 3.63) is 64.7 Å². The summed E-state index contributed by atoms with van der Waals surface area (Å²) < 4.78 is 0. The standard InChI is InChI=1S/C24H31N3O2/c1-17-8-6-11-21(18(17)2)26-12-14-27(15-13-26)23(29)20-10-7-9-19(16-20)22(28)25-24(3,4)5/h6-11,16H,12-15H2,1-5H3,(H,25,28). The minimum absolute atomic E-state index is 0.0176. The fourth-order valence-corrected chi connectivity index (χ4v) is 3.62. The molecule has 2 aromatic carbocycles. The summed E-state index contributed by atoms with van der Waals surface area (Å²) in [5, 5.41) is 2.94. The molecule has 0 saturated carbocycles. The number of carbonyl (C=O) groups is 2. The first-order chi connectivity index (χ1) is 13.7. The van der Waals surface area contributed by atoms with E-state index in [2.05, 4.69) is 42.3 Å².